The molecule has 2 atom stereocenters. The summed E-state index contributed by atoms with van der Waals surface area (Å²) >= 11 is 0. The monoisotopic (exact) mass is 226 g/mol. The Morgan fingerprint density at radius 3 is 1.75 bits per heavy atom. The van der Waals surface area contributed by atoms with E-state index >= 15 is 0 Å². The van der Waals surface area contributed by atoms with Gasteiger partial charge in [0.25, 0.3) is 0 Å². The third-order valence-electron chi connectivity index (χ3n) is 3.98. The molecule has 1 aliphatic heterocycles. The van der Waals surface area contributed by atoms with E-state index in [-0.39, 0.29) is 5.41 Å². The van der Waals surface area contributed by atoms with E-state index in [0.29, 0.717) is 22.9 Å². The van der Waals surface area contributed by atoms with Crippen LogP contribution < -0.4 is 0 Å². The van der Waals surface area contributed by atoms with Crippen molar-refractivity contribution in [3.8, 4) is 0 Å². The van der Waals surface area contributed by atoms with Gasteiger partial charge in [0.05, 0.1) is 6.10 Å². The smallest absolute Gasteiger partial charge is 0.0661 e. The van der Waals surface area contributed by atoms with Crippen molar-refractivity contribution in [2.24, 2.45) is 22.2 Å². The van der Waals surface area contributed by atoms with Crippen LogP contribution in [-0.2, 0) is 4.74 Å². The maximum atomic E-state index is 6.12. The maximum Gasteiger partial charge on any atom is 0.0661 e. The van der Waals surface area contributed by atoms with Crippen LogP contribution >= 0.6 is 0 Å². The first-order valence-corrected chi connectivity index (χ1v) is 6.58. The van der Waals surface area contributed by atoms with Crippen LogP contribution in [0.5, 0.6) is 0 Å². The summed E-state index contributed by atoms with van der Waals surface area (Å²) in [5, 5.41) is 0. The van der Waals surface area contributed by atoms with Gasteiger partial charge in [-0.2, -0.15) is 0 Å². The fraction of sp³-hybridized carbons (Fsp3) is 1.00. The van der Waals surface area contributed by atoms with Crippen molar-refractivity contribution in [3.05, 3.63) is 0 Å². The number of ether oxygens (including phenoxy) is 1. The number of rotatable bonds is 0. The molecular weight excluding hydrogens is 196 g/mol. The van der Waals surface area contributed by atoms with Crippen LogP contribution in [0.4, 0.5) is 0 Å². The zero-order chi connectivity index (χ0) is 12.8. The van der Waals surface area contributed by atoms with Crippen molar-refractivity contribution in [3.63, 3.8) is 0 Å². The third-order valence-corrected chi connectivity index (χ3v) is 3.98. The molecule has 0 amide bonds. The quantitative estimate of drug-likeness (QED) is 0.590. The van der Waals surface area contributed by atoms with Gasteiger partial charge in [-0.05, 0) is 28.6 Å². The van der Waals surface area contributed by atoms with Crippen LogP contribution in [0.25, 0.3) is 0 Å². The Balaban J connectivity index is 3.08. The predicted octanol–water partition coefficient (Wildman–Crippen LogP) is 4.51. The molecule has 96 valence electrons. The SMILES string of the molecule is CC(C)(C)C1OCCC(C)(C)C1C(C)(C)C. The fourth-order valence-corrected chi connectivity index (χ4v) is 3.49. The average Bonchev–Trinajstić information content (AvgIpc) is 1.97. The highest BCUT2D eigenvalue weighted by atomic mass is 16.5. The van der Waals surface area contributed by atoms with Gasteiger partial charge in [-0.1, -0.05) is 55.4 Å². The summed E-state index contributed by atoms with van der Waals surface area (Å²) in [6.45, 7) is 19.7. The minimum Gasteiger partial charge on any atom is -0.377 e. The number of hydrogen-bond donors (Lipinski definition) is 0. The van der Waals surface area contributed by atoms with Gasteiger partial charge in [-0.15, -0.1) is 0 Å². The van der Waals surface area contributed by atoms with E-state index < -0.39 is 0 Å². The second kappa shape index (κ2) is 4.01. The Morgan fingerprint density at radius 2 is 1.44 bits per heavy atom. The van der Waals surface area contributed by atoms with Gasteiger partial charge in [0.1, 0.15) is 0 Å². The van der Waals surface area contributed by atoms with Gasteiger partial charge >= 0.3 is 0 Å². The Kier molecular flexibility index (Phi) is 3.52. The van der Waals surface area contributed by atoms with Gasteiger partial charge < -0.3 is 4.74 Å². The molecular formula is C15H30O. The van der Waals surface area contributed by atoms with Crippen molar-refractivity contribution in [1.82, 2.24) is 0 Å². The molecule has 2 unspecified atom stereocenters. The fourth-order valence-electron chi connectivity index (χ4n) is 3.49. The summed E-state index contributed by atoms with van der Waals surface area (Å²) in [5.41, 5.74) is 0.923. The van der Waals surface area contributed by atoms with Crippen LogP contribution in [0, 0.1) is 22.2 Å². The Hall–Kier alpha value is -0.0400. The first-order chi connectivity index (χ1) is 6.96. The Labute approximate surface area is 102 Å². The molecule has 0 aromatic carbocycles. The van der Waals surface area contributed by atoms with E-state index in [9.17, 15) is 0 Å². The van der Waals surface area contributed by atoms with E-state index in [1.165, 1.54) is 6.42 Å². The van der Waals surface area contributed by atoms with Crippen molar-refractivity contribution in [2.75, 3.05) is 6.61 Å². The molecule has 0 aromatic rings. The minimum atomic E-state index is 0.232. The van der Waals surface area contributed by atoms with E-state index in [1.54, 1.807) is 0 Å². The second-order valence-electron chi connectivity index (χ2n) is 8.24. The molecule has 16 heavy (non-hydrogen) atoms. The first kappa shape index (κ1) is 14.0. The van der Waals surface area contributed by atoms with E-state index in [2.05, 4.69) is 55.4 Å². The summed E-state index contributed by atoms with van der Waals surface area (Å²) in [5.74, 6) is 0.619. The van der Waals surface area contributed by atoms with Gasteiger partial charge in [-0.25, -0.2) is 0 Å². The molecule has 0 saturated carbocycles. The molecule has 0 radical (unpaired) electrons. The topological polar surface area (TPSA) is 9.23 Å². The van der Waals surface area contributed by atoms with Crippen molar-refractivity contribution >= 4 is 0 Å². The van der Waals surface area contributed by atoms with Crippen LogP contribution in [0.1, 0.15) is 61.8 Å². The molecule has 1 saturated heterocycles. The predicted molar refractivity (Wildman–Crippen MR) is 70.5 cm³/mol. The molecule has 1 heterocycles. The molecule has 1 fully saturated rings. The first-order valence-electron chi connectivity index (χ1n) is 6.58. The third kappa shape index (κ3) is 2.80. The summed E-state index contributed by atoms with van der Waals surface area (Å²) in [6.07, 6.45) is 1.55. The maximum absolute atomic E-state index is 6.12. The summed E-state index contributed by atoms with van der Waals surface area (Å²) in [7, 11) is 0. The molecule has 0 aromatic heterocycles. The van der Waals surface area contributed by atoms with Crippen molar-refractivity contribution in [1.29, 1.82) is 0 Å². The van der Waals surface area contributed by atoms with E-state index in [0.717, 1.165) is 6.61 Å². The molecule has 1 heteroatoms. The van der Waals surface area contributed by atoms with Gasteiger partial charge in [0.15, 0.2) is 0 Å². The lowest BCUT2D eigenvalue weighted by molar-refractivity contribution is -0.167. The Morgan fingerprint density at radius 1 is 0.938 bits per heavy atom. The summed E-state index contributed by atoms with van der Waals surface area (Å²) in [4.78, 5) is 0. The highest BCUT2D eigenvalue weighted by Crippen LogP contribution is 2.51. The highest BCUT2D eigenvalue weighted by molar-refractivity contribution is 4.98. The molecule has 1 nitrogen and oxygen atoms in total. The van der Waals surface area contributed by atoms with Crippen LogP contribution in [0.2, 0.25) is 0 Å². The number of hydrogen-bond acceptors (Lipinski definition) is 1. The highest BCUT2D eigenvalue weighted by Gasteiger charge is 2.49. The normalized spacial score (nSPS) is 31.5. The molecule has 1 rings (SSSR count). The molecule has 0 spiro atoms. The van der Waals surface area contributed by atoms with Crippen LogP contribution in [0.15, 0.2) is 0 Å². The molecule has 0 aliphatic carbocycles. The van der Waals surface area contributed by atoms with E-state index in [4.69, 9.17) is 4.74 Å². The average molecular weight is 226 g/mol. The standard InChI is InChI=1S/C15H30O/c1-13(2,3)11-12(14(4,5)6)16-10-9-15(11,7)8/h11-12H,9-10H2,1-8H3. The molecule has 0 bridgehead atoms. The summed E-state index contributed by atoms with van der Waals surface area (Å²) in [6, 6.07) is 0. The zero-order valence-electron chi connectivity index (χ0n) is 12.5. The summed E-state index contributed by atoms with van der Waals surface area (Å²) < 4.78 is 6.12. The minimum absolute atomic E-state index is 0.232. The van der Waals surface area contributed by atoms with Gasteiger partial charge in [0, 0.05) is 6.61 Å². The van der Waals surface area contributed by atoms with E-state index in [1.807, 2.05) is 0 Å². The lowest BCUT2D eigenvalue weighted by Crippen LogP contribution is -2.53. The van der Waals surface area contributed by atoms with Crippen molar-refractivity contribution in [2.45, 2.75) is 67.9 Å². The van der Waals surface area contributed by atoms with Gasteiger partial charge in [-0.3, -0.25) is 0 Å². The second-order valence-corrected chi connectivity index (χ2v) is 8.24. The molecule has 0 N–H and O–H groups in total. The molecule has 1 aliphatic rings. The Bertz CT molecular complexity index is 239. The van der Waals surface area contributed by atoms with Crippen LogP contribution in [0.3, 0.4) is 0 Å². The van der Waals surface area contributed by atoms with Crippen molar-refractivity contribution < 1.29 is 4.74 Å². The van der Waals surface area contributed by atoms with Gasteiger partial charge in [0.2, 0.25) is 0 Å². The zero-order valence-corrected chi connectivity index (χ0v) is 12.5. The van der Waals surface area contributed by atoms with Crippen LogP contribution in [-0.4, -0.2) is 12.7 Å². The lowest BCUT2D eigenvalue weighted by Gasteiger charge is -2.54. The largest absolute Gasteiger partial charge is 0.377 e. The lowest BCUT2D eigenvalue weighted by atomic mass is 9.57.